The molecule has 8 nitrogen and oxygen atoms in total. The lowest BCUT2D eigenvalue weighted by atomic mass is 10.0. The highest BCUT2D eigenvalue weighted by Crippen LogP contribution is 2.20. The number of nitrogens with zero attached hydrogens (tertiary/aromatic N) is 1. The summed E-state index contributed by atoms with van der Waals surface area (Å²) in [4.78, 5) is 40.5. The first-order valence-electron chi connectivity index (χ1n) is 6.14. The minimum Gasteiger partial charge on any atom is -0.473 e. The SMILES string of the molecule is O=C(O)C(=O)O.O=C(c1ccccc1)c1ccccc1[N+](=O)[O-]. The maximum absolute atomic E-state index is 12.1. The Morgan fingerprint density at radius 1 is 0.826 bits per heavy atom. The Labute approximate surface area is 129 Å². The van der Waals surface area contributed by atoms with Crippen molar-refractivity contribution in [2.75, 3.05) is 0 Å². The van der Waals surface area contributed by atoms with Gasteiger partial charge in [-0.1, -0.05) is 42.5 Å². The molecule has 0 radical (unpaired) electrons. The highest BCUT2D eigenvalue weighted by atomic mass is 16.6. The predicted octanol–water partition coefficient (Wildman–Crippen LogP) is 1.98. The monoisotopic (exact) mass is 317 g/mol. The lowest BCUT2D eigenvalue weighted by Gasteiger charge is -2.01. The van der Waals surface area contributed by atoms with E-state index in [9.17, 15) is 14.9 Å². The van der Waals surface area contributed by atoms with Crippen molar-refractivity contribution in [3.05, 3.63) is 75.8 Å². The first-order chi connectivity index (χ1) is 10.8. The summed E-state index contributed by atoms with van der Waals surface area (Å²) < 4.78 is 0. The van der Waals surface area contributed by atoms with Gasteiger partial charge in [0.2, 0.25) is 0 Å². The number of carboxylic acids is 2. The third-order valence-corrected chi connectivity index (χ3v) is 2.56. The molecule has 0 amide bonds. The van der Waals surface area contributed by atoms with Gasteiger partial charge in [0.1, 0.15) is 5.56 Å². The molecule has 0 heterocycles. The molecule has 0 spiro atoms. The Kier molecular flexibility index (Phi) is 6.11. The number of aliphatic carboxylic acids is 2. The number of carboxylic acid groups (broad SMARTS) is 2. The first-order valence-corrected chi connectivity index (χ1v) is 6.14. The van der Waals surface area contributed by atoms with Gasteiger partial charge >= 0.3 is 11.9 Å². The van der Waals surface area contributed by atoms with Crippen molar-refractivity contribution in [2.45, 2.75) is 0 Å². The molecule has 0 saturated carbocycles. The van der Waals surface area contributed by atoms with Crippen LogP contribution in [0.25, 0.3) is 0 Å². The zero-order valence-corrected chi connectivity index (χ0v) is 11.6. The van der Waals surface area contributed by atoms with E-state index >= 15 is 0 Å². The molecule has 0 aliphatic carbocycles. The summed E-state index contributed by atoms with van der Waals surface area (Å²) in [6.07, 6.45) is 0. The van der Waals surface area contributed by atoms with Crippen LogP contribution in [0, 0.1) is 10.1 Å². The summed E-state index contributed by atoms with van der Waals surface area (Å²) in [6, 6.07) is 14.5. The number of carbonyl (C=O) groups is 3. The molecular weight excluding hydrogens is 306 g/mol. The van der Waals surface area contributed by atoms with E-state index in [4.69, 9.17) is 19.8 Å². The highest BCUT2D eigenvalue weighted by Gasteiger charge is 2.19. The number of carbonyl (C=O) groups excluding carboxylic acids is 1. The maximum Gasteiger partial charge on any atom is 0.414 e. The molecule has 118 valence electrons. The summed E-state index contributed by atoms with van der Waals surface area (Å²) >= 11 is 0. The maximum atomic E-state index is 12.1. The smallest absolute Gasteiger partial charge is 0.414 e. The van der Waals surface area contributed by atoms with Gasteiger partial charge in [-0.15, -0.1) is 0 Å². The van der Waals surface area contributed by atoms with Crippen LogP contribution in [0.15, 0.2) is 54.6 Å². The van der Waals surface area contributed by atoms with Crippen LogP contribution in [0.2, 0.25) is 0 Å². The minimum absolute atomic E-state index is 0.115. The third kappa shape index (κ3) is 5.05. The second-order valence-corrected chi connectivity index (χ2v) is 4.08. The van der Waals surface area contributed by atoms with Crippen LogP contribution in [-0.2, 0) is 9.59 Å². The second kappa shape index (κ2) is 8.03. The van der Waals surface area contributed by atoms with Crippen molar-refractivity contribution in [1.82, 2.24) is 0 Å². The molecule has 0 bridgehead atoms. The number of hydrogen-bond acceptors (Lipinski definition) is 5. The van der Waals surface area contributed by atoms with Crippen LogP contribution in [0.3, 0.4) is 0 Å². The molecule has 23 heavy (non-hydrogen) atoms. The van der Waals surface area contributed by atoms with Gasteiger partial charge in [0.25, 0.3) is 5.69 Å². The summed E-state index contributed by atoms with van der Waals surface area (Å²) in [6.45, 7) is 0. The van der Waals surface area contributed by atoms with E-state index in [1.165, 1.54) is 12.1 Å². The number of para-hydroxylation sites is 1. The molecule has 2 aromatic carbocycles. The fourth-order valence-electron chi connectivity index (χ4n) is 1.57. The summed E-state index contributed by atoms with van der Waals surface area (Å²) in [5.74, 6) is -3.98. The van der Waals surface area contributed by atoms with Gasteiger partial charge in [-0.3, -0.25) is 14.9 Å². The second-order valence-electron chi connectivity index (χ2n) is 4.08. The molecular formula is C15H11NO7. The van der Waals surface area contributed by atoms with Crippen molar-refractivity contribution in [1.29, 1.82) is 0 Å². The van der Waals surface area contributed by atoms with Gasteiger partial charge < -0.3 is 10.2 Å². The highest BCUT2D eigenvalue weighted by molar-refractivity contribution is 6.27. The number of hydrogen-bond donors (Lipinski definition) is 2. The van der Waals surface area contributed by atoms with E-state index in [-0.39, 0.29) is 17.0 Å². The molecule has 0 aromatic heterocycles. The van der Waals surface area contributed by atoms with Crippen LogP contribution in [0.4, 0.5) is 5.69 Å². The van der Waals surface area contributed by atoms with Gasteiger partial charge in [0.05, 0.1) is 4.92 Å². The Morgan fingerprint density at radius 3 is 1.78 bits per heavy atom. The molecule has 8 heteroatoms. The third-order valence-electron chi connectivity index (χ3n) is 2.56. The number of ketones is 1. The predicted molar refractivity (Wildman–Crippen MR) is 78.2 cm³/mol. The Hall–Kier alpha value is -3.55. The van der Waals surface area contributed by atoms with Gasteiger partial charge in [0.15, 0.2) is 5.78 Å². The number of nitro groups is 1. The minimum atomic E-state index is -1.82. The summed E-state index contributed by atoms with van der Waals surface area (Å²) in [5, 5.41) is 25.6. The standard InChI is InChI=1S/C13H9NO3.C2H2O4/c15-13(10-6-2-1-3-7-10)11-8-4-5-9-12(11)14(16)17;3-1(4)2(5)6/h1-9H;(H,3,4)(H,5,6). The van der Waals surface area contributed by atoms with Crippen LogP contribution in [0.1, 0.15) is 15.9 Å². The van der Waals surface area contributed by atoms with E-state index in [0.29, 0.717) is 5.56 Å². The number of benzene rings is 2. The molecule has 2 rings (SSSR count). The van der Waals surface area contributed by atoms with E-state index in [2.05, 4.69) is 0 Å². The lowest BCUT2D eigenvalue weighted by molar-refractivity contribution is -0.385. The topological polar surface area (TPSA) is 135 Å². The van der Waals surface area contributed by atoms with Crippen LogP contribution >= 0.6 is 0 Å². The fourth-order valence-corrected chi connectivity index (χ4v) is 1.57. The van der Waals surface area contributed by atoms with Crippen molar-refractivity contribution < 1.29 is 29.5 Å². The zero-order chi connectivity index (χ0) is 17.4. The van der Waals surface area contributed by atoms with Crippen LogP contribution in [0.5, 0.6) is 0 Å². The Bertz CT molecular complexity index is 729. The lowest BCUT2D eigenvalue weighted by Crippen LogP contribution is -2.09. The molecule has 0 atom stereocenters. The van der Waals surface area contributed by atoms with Crippen molar-refractivity contribution in [3.63, 3.8) is 0 Å². The first kappa shape index (κ1) is 17.5. The average Bonchev–Trinajstić information content (AvgIpc) is 2.55. The average molecular weight is 317 g/mol. The van der Waals surface area contributed by atoms with E-state index < -0.39 is 16.9 Å². The van der Waals surface area contributed by atoms with Gasteiger partial charge in [0, 0.05) is 11.6 Å². The van der Waals surface area contributed by atoms with Crippen molar-refractivity contribution >= 4 is 23.4 Å². The summed E-state index contributed by atoms with van der Waals surface area (Å²) in [5.41, 5.74) is 0.395. The summed E-state index contributed by atoms with van der Waals surface area (Å²) in [7, 11) is 0. The molecule has 0 aliphatic heterocycles. The Morgan fingerprint density at radius 2 is 1.30 bits per heavy atom. The fraction of sp³-hybridized carbons (Fsp3) is 0. The Balaban J connectivity index is 0.000000379. The van der Waals surface area contributed by atoms with Crippen molar-refractivity contribution in [3.8, 4) is 0 Å². The molecule has 2 aromatic rings. The molecule has 2 N–H and O–H groups in total. The van der Waals surface area contributed by atoms with E-state index in [1.807, 2.05) is 0 Å². The molecule has 0 aliphatic rings. The van der Waals surface area contributed by atoms with Crippen LogP contribution in [-0.4, -0.2) is 32.9 Å². The van der Waals surface area contributed by atoms with Crippen LogP contribution < -0.4 is 0 Å². The van der Waals surface area contributed by atoms with Gasteiger partial charge in [-0.05, 0) is 6.07 Å². The van der Waals surface area contributed by atoms with E-state index in [1.54, 1.807) is 42.5 Å². The molecule has 0 fully saturated rings. The number of rotatable bonds is 3. The van der Waals surface area contributed by atoms with Gasteiger partial charge in [-0.25, -0.2) is 9.59 Å². The zero-order valence-electron chi connectivity index (χ0n) is 11.6. The van der Waals surface area contributed by atoms with Crippen molar-refractivity contribution in [2.24, 2.45) is 0 Å². The van der Waals surface area contributed by atoms with Gasteiger partial charge in [-0.2, -0.15) is 0 Å². The largest absolute Gasteiger partial charge is 0.473 e. The molecule has 0 unspecified atom stereocenters. The van der Waals surface area contributed by atoms with E-state index in [0.717, 1.165) is 0 Å². The molecule has 0 saturated heterocycles. The number of nitro benzene ring substituents is 1. The normalized spacial score (nSPS) is 9.22. The quantitative estimate of drug-likeness (QED) is 0.382.